The number of nitrogens with one attached hydrogen (secondary N) is 1. The summed E-state index contributed by atoms with van der Waals surface area (Å²) in [6.45, 7) is 3.47. The molecule has 1 heterocycles. The van der Waals surface area contributed by atoms with Crippen molar-refractivity contribution in [1.82, 2.24) is 20.1 Å². The molecule has 134 valence electrons. The molecular weight excluding hydrogens is 344 g/mol. The van der Waals surface area contributed by atoms with Crippen LogP contribution in [0.2, 0.25) is 0 Å². The molecule has 3 rings (SSSR count). The van der Waals surface area contributed by atoms with E-state index < -0.39 is 0 Å². The zero-order chi connectivity index (χ0) is 18.2. The van der Waals surface area contributed by atoms with Gasteiger partial charge in [-0.1, -0.05) is 61.2 Å². The molecule has 0 unspecified atom stereocenters. The average Bonchev–Trinajstić information content (AvgIpc) is 3.20. The second-order valence-electron chi connectivity index (χ2n) is 5.99. The van der Waals surface area contributed by atoms with Crippen molar-refractivity contribution in [3.8, 4) is 0 Å². The number of carbonyl (C=O) groups is 1. The van der Waals surface area contributed by atoms with Gasteiger partial charge in [-0.25, -0.2) is 4.98 Å². The highest BCUT2D eigenvalue weighted by atomic mass is 32.2. The van der Waals surface area contributed by atoms with E-state index in [0.717, 1.165) is 40.6 Å². The largest absolute Gasteiger partial charge is 0.334 e. The van der Waals surface area contributed by atoms with Crippen LogP contribution in [0, 0.1) is 0 Å². The molecule has 0 atom stereocenters. The highest BCUT2D eigenvalue weighted by molar-refractivity contribution is 7.98. The predicted octanol–water partition coefficient (Wildman–Crippen LogP) is 4.15. The first-order chi connectivity index (χ1) is 12.8. The Balaban J connectivity index is 1.64. The molecule has 1 N–H and O–H groups in total. The van der Waals surface area contributed by atoms with E-state index in [0.29, 0.717) is 6.54 Å². The monoisotopic (exact) mass is 366 g/mol. The van der Waals surface area contributed by atoms with Gasteiger partial charge in [-0.05, 0) is 29.7 Å². The number of amides is 1. The molecule has 0 aliphatic carbocycles. The average molecular weight is 366 g/mol. The number of hydrogen-bond donors (Lipinski definition) is 1. The number of thioether (sulfide) groups is 1. The summed E-state index contributed by atoms with van der Waals surface area (Å²) < 4.78 is 0. The molecule has 1 aromatic heterocycles. The molecule has 0 saturated heterocycles. The Morgan fingerprint density at radius 2 is 1.85 bits per heavy atom. The highest BCUT2D eigenvalue weighted by Gasteiger charge is 2.15. The van der Waals surface area contributed by atoms with Gasteiger partial charge in [-0.2, -0.15) is 5.10 Å². The molecule has 1 amide bonds. The Morgan fingerprint density at radius 1 is 1.08 bits per heavy atom. The zero-order valence-electron chi connectivity index (χ0n) is 14.8. The Hall–Kier alpha value is -2.60. The fourth-order valence-corrected chi connectivity index (χ4v) is 3.40. The summed E-state index contributed by atoms with van der Waals surface area (Å²) in [5, 5.41) is 7.46. The third kappa shape index (κ3) is 4.95. The fourth-order valence-electron chi connectivity index (χ4n) is 2.67. The number of H-pyrrole nitrogens is 1. The summed E-state index contributed by atoms with van der Waals surface area (Å²) in [6, 6.07) is 17.9. The number of carbonyl (C=O) groups excluding carboxylic acids is 1. The van der Waals surface area contributed by atoms with Crippen LogP contribution >= 0.6 is 11.8 Å². The van der Waals surface area contributed by atoms with E-state index in [1.807, 2.05) is 47.4 Å². The van der Waals surface area contributed by atoms with E-state index in [4.69, 9.17) is 0 Å². The predicted molar refractivity (Wildman–Crippen MR) is 104 cm³/mol. The van der Waals surface area contributed by atoms with Crippen molar-refractivity contribution in [3.05, 3.63) is 77.6 Å². The Labute approximate surface area is 157 Å². The summed E-state index contributed by atoms with van der Waals surface area (Å²) in [5.74, 6) is 0.858. The lowest BCUT2D eigenvalue weighted by atomic mass is 10.1. The molecule has 3 aromatic rings. The van der Waals surface area contributed by atoms with Crippen molar-refractivity contribution in [1.29, 1.82) is 0 Å². The number of nitrogens with zero attached hydrogens (tertiary/aromatic N) is 3. The van der Waals surface area contributed by atoms with Crippen molar-refractivity contribution in [2.45, 2.75) is 30.8 Å². The number of rotatable bonds is 8. The van der Waals surface area contributed by atoms with Crippen LogP contribution in [-0.4, -0.2) is 32.5 Å². The topological polar surface area (TPSA) is 61.9 Å². The molecule has 6 heteroatoms. The standard InChI is InChI=1S/C20H22N4OS/c1-2-12-24(13-16-6-4-3-5-7-16)19(25)18-10-8-17(9-11-18)14-26-20-21-15-22-23-20/h3-11,15H,2,12-14H2,1H3,(H,21,22,23). The molecule has 0 aliphatic heterocycles. The molecule has 0 spiro atoms. The molecule has 26 heavy (non-hydrogen) atoms. The van der Waals surface area contributed by atoms with Crippen molar-refractivity contribution in [2.75, 3.05) is 6.54 Å². The third-order valence-electron chi connectivity index (χ3n) is 3.97. The van der Waals surface area contributed by atoms with E-state index in [-0.39, 0.29) is 5.91 Å². The molecule has 2 aromatic carbocycles. The Morgan fingerprint density at radius 3 is 2.50 bits per heavy atom. The lowest BCUT2D eigenvalue weighted by molar-refractivity contribution is 0.0743. The van der Waals surface area contributed by atoms with Gasteiger partial charge in [0.1, 0.15) is 6.33 Å². The van der Waals surface area contributed by atoms with Gasteiger partial charge in [-0.3, -0.25) is 9.89 Å². The maximum Gasteiger partial charge on any atom is 0.254 e. The smallest absolute Gasteiger partial charge is 0.254 e. The van der Waals surface area contributed by atoms with E-state index >= 15 is 0 Å². The van der Waals surface area contributed by atoms with Crippen molar-refractivity contribution in [2.24, 2.45) is 0 Å². The van der Waals surface area contributed by atoms with Crippen LogP contribution in [0.25, 0.3) is 0 Å². The Kier molecular flexibility index (Phi) is 6.44. The van der Waals surface area contributed by atoms with Gasteiger partial charge >= 0.3 is 0 Å². The van der Waals surface area contributed by atoms with Crippen molar-refractivity contribution >= 4 is 17.7 Å². The van der Waals surface area contributed by atoms with Crippen LogP contribution in [0.1, 0.15) is 34.8 Å². The van der Waals surface area contributed by atoms with Crippen molar-refractivity contribution < 1.29 is 4.79 Å². The van der Waals surface area contributed by atoms with E-state index in [9.17, 15) is 4.79 Å². The van der Waals surface area contributed by atoms with Crippen molar-refractivity contribution in [3.63, 3.8) is 0 Å². The van der Waals surface area contributed by atoms with Gasteiger partial charge in [0.15, 0.2) is 5.16 Å². The first kappa shape index (κ1) is 18.2. The summed E-state index contributed by atoms with van der Waals surface area (Å²) >= 11 is 1.59. The van der Waals surface area contributed by atoms with Crippen LogP contribution in [0.3, 0.4) is 0 Å². The summed E-state index contributed by atoms with van der Waals surface area (Å²) in [6.07, 6.45) is 2.43. The molecule has 5 nitrogen and oxygen atoms in total. The number of aromatic nitrogens is 3. The first-order valence-electron chi connectivity index (χ1n) is 8.66. The Bertz CT molecular complexity index is 804. The van der Waals surface area contributed by atoms with Crippen LogP contribution in [0.15, 0.2) is 66.1 Å². The van der Waals surface area contributed by atoms with Gasteiger partial charge < -0.3 is 4.90 Å². The third-order valence-corrected chi connectivity index (χ3v) is 4.91. The molecule has 0 bridgehead atoms. The minimum Gasteiger partial charge on any atom is -0.334 e. The van der Waals surface area contributed by atoms with Crippen LogP contribution in [0.5, 0.6) is 0 Å². The summed E-state index contributed by atoms with van der Waals surface area (Å²) in [7, 11) is 0. The lowest BCUT2D eigenvalue weighted by Gasteiger charge is -2.22. The number of hydrogen-bond acceptors (Lipinski definition) is 4. The SMILES string of the molecule is CCCN(Cc1ccccc1)C(=O)c1ccc(CSc2ncn[nH]2)cc1. The van der Waals surface area contributed by atoms with E-state index in [2.05, 4.69) is 34.2 Å². The van der Waals surface area contributed by atoms with E-state index in [1.54, 1.807) is 11.8 Å². The second kappa shape index (κ2) is 9.20. The van der Waals surface area contributed by atoms with Gasteiger partial charge in [0.05, 0.1) is 0 Å². The van der Waals surface area contributed by atoms with Gasteiger partial charge in [-0.15, -0.1) is 0 Å². The fraction of sp³-hybridized carbons (Fsp3) is 0.250. The maximum atomic E-state index is 12.9. The molecule has 0 saturated carbocycles. The maximum absolute atomic E-state index is 12.9. The summed E-state index contributed by atoms with van der Waals surface area (Å²) in [4.78, 5) is 18.9. The molecule has 0 radical (unpaired) electrons. The normalized spacial score (nSPS) is 10.7. The van der Waals surface area contributed by atoms with Gasteiger partial charge in [0.2, 0.25) is 0 Å². The minimum atomic E-state index is 0.0742. The second-order valence-corrected chi connectivity index (χ2v) is 6.95. The van der Waals surface area contributed by atoms with Gasteiger partial charge in [0, 0.05) is 24.4 Å². The van der Waals surface area contributed by atoms with Crippen LogP contribution < -0.4 is 0 Å². The molecular formula is C20H22N4OS. The quantitative estimate of drug-likeness (QED) is 0.608. The summed E-state index contributed by atoms with van der Waals surface area (Å²) in [5.41, 5.74) is 3.02. The number of benzene rings is 2. The van der Waals surface area contributed by atoms with Crippen LogP contribution in [-0.2, 0) is 12.3 Å². The number of aromatic amines is 1. The minimum absolute atomic E-state index is 0.0742. The van der Waals surface area contributed by atoms with E-state index in [1.165, 1.54) is 6.33 Å². The highest BCUT2D eigenvalue weighted by Crippen LogP contribution is 2.19. The lowest BCUT2D eigenvalue weighted by Crippen LogP contribution is -2.31. The van der Waals surface area contributed by atoms with Gasteiger partial charge in [0.25, 0.3) is 5.91 Å². The van der Waals surface area contributed by atoms with Crippen LogP contribution in [0.4, 0.5) is 0 Å². The zero-order valence-corrected chi connectivity index (χ0v) is 15.6. The molecule has 0 fully saturated rings. The first-order valence-corrected chi connectivity index (χ1v) is 9.65. The molecule has 0 aliphatic rings.